The van der Waals surface area contributed by atoms with Crippen LogP contribution < -0.4 is 0 Å². The fraction of sp³-hybridized carbons (Fsp3) is 0.312. The number of carbonyl (C=O) groups excluding carboxylic acids is 1. The molecule has 4 nitrogen and oxygen atoms in total. The summed E-state index contributed by atoms with van der Waals surface area (Å²) in [6, 6.07) is 8.77. The lowest BCUT2D eigenvalue weighted by molar-refractivity contribution is 0.0758. The van der Waals surface area contributed by atoms with Gasteiger partial charge < -0.3 is 4.90 Å². The van der Waals surface area contributed by atoms with E-state index in [9.17, 15) is 13.2 Å². The maximum atomic E-state index is 12.7. The topological polar surface area (TPSA) is 54.5 Å². The fourth-order valence-electron chi connectivity index (χ4n) is 2.75. The average Bonchev–Trinajstić information content (AvgIpc) is 3.00. The molecule has 0 radical (unpaired) electrons. The number of hydrogen-bond acceptors (Lipinski definition) is 4. The summed E-state index contributed by atoms with van der Waals surface area (Å²) in [7, 11) is -3.22. The zero-order valence-corrected chi connectivity index (χ0v) is 14.9. The third-order valence-corrected chi connectivity index (χ3v) is 7.42. The van der Waals surface area contributed by atoms with Crippen LogP contribution in [0.2, 0.25) is 5.02 Å². The summed E-state index contributed by atoms with van der Waals surface area (Å²) in [5.41, 5.74) is 1.36. The van der Waals surface area contributed by atoms with Crippen molar-refractivity contribution in [1.82, 2.24) is 4.90 Å². The van der Waals surface area contributed by atoms with Crippen molar-refractivity contribution in [2.75, 3.05) is 18.8 Å². The van der Waals surface area contributed by atoms with E-state index in [0.29, 0.717) is 10.6 Å². The summed E-state index contributed by atoms with van der Waals surface area (Å²) in [5.74, 6) is -0.149. The molecular weight excluding hydrogens is 354 g/mol. The SMILES string of the molecule is Cc1cc(Cl)ccc1C(=O)N1CCS(=O)(=O)C(c2cccs2)C1. The van der Waals surface area contributed by atoms with Crippen LogP contribution in [0.3, 0.4) is 0 Å². The second kappa shape index (κ2) is 6.26. The number of thiophene rings is 1. The summed E-state index contributed by atoms with van der Waals surface area (Å²) < 4.78 is 24.7. The molecule has 122 valence electrons. The summed E-state index contributed by atoms with van der Waals surface area (Å²) in [6.45, 7) is 2.26. The Balaban J connectivity index is 1.88. The minimum Gasteiger partial charge on any atom is -0.336 e. The number of hydrogen-bond donors (Lipinski definition) is 0. The van der Waals surface area contributed by atoms with Gasteiger partial charge >= 0.3 is 0 Å². The zero-order valence-electron chi connectivity index (χ0n) is 12.5. The highest BCUT2D eigenvalue weighted by Gasteiger charge is 2.37. The molecule has 1 aromatic carbocycles. The van der Waals surface area contributed by atoms with Gasteiger partial charge in [0.1, 0.15) is 5.25 Å². The summed E-state index contributed by atoms with van der Waals surface area (Å²) >= 11 is 7.34. The minimum atomic E-state index is -3.22. The molecule has 1 amide bonds. The van der Waals surface area contributed by atoms with Gasteiger partial charge in [-0.25, -0.2) is 8.42 Å². The van der Waals surface area contributed by atoms with E-state index in [1.165, 1.54) is 11.3 Å². The molecule has 23 heavy (non-hydrogen) atoms. The predicted molar refractivity (Wildman–Crippen MR) is 92.9 cm³/mol. The lowest BCUT2D eigenvalue weighted by Crippen LogP contribution is -2.45. The molecule has 0 saturated carbocycles. The van der Waals surface area contributed by atoms with Crippen LogP contribution in [-0.4, -0.2) is 38.1 Å². The molecular formula is C16H16ClNO3S2. The van der Waals surface area contributed by atoms with E-state index in [4.69, 9.17) is 11.6 Å². The van der Waals surface area contributed by atoms with Gasteiger partial charge in [0.05, 0.1) is 5.75 Å². The van der Waals surface area contributed by atoms with Crippen molar-refractivity contribution in [1.29, 1.82) is 0 Å². The number of benzene rings is 1. The van der Waals surface area contributed by atoms with Crippen molar-refractivity contribution in [3.63, 3.8) is 0 Å². The van der Waals surface area contributed by atoms with Gasteiger partial charge in [-0.3, -0.25) is 4.79 Å². The van der Waals surface area contributed by atoms with E-state index in [0.717, 1.165) is 10.4 Å². The largest absolute Gasteiger partial charge is 0.336 e. The lowest BCUT2D eigenvalue weighted by Gasteiger charge is -2.32. The van der Waals surface area contributed by atoms with Crippen molar-refractivity contribution in [3.05, 3.63) is 56.7 Å². The maximum Gasteiger partial charge on any atom is 0.254 e. The van der Waals surface area contributed by atoms with Crippen molar-refractivity contribution >= 4 is 38.7 Å². The second-order valence-electron chi connectivity index (χ2n) is 5.58. The van der Waals surface area contributed by atoms with Crippen LogP contribution in [0.5, 0.6) is 0 Å². The molecule has 2 aromatic rings. The number of rotatable bonds is 2. The monoisotopic (exact) mass is 369 g/mol. The van der Waals surface area contributed by atoms with E-state index >= 15 is 0 Å². The average molecular weight is 370 g/mol. The highest BCUT2D eigenvalue weighted by molar-refractivity contribution is 7.91. The van der Waals surface area contributed by atoms with Crippen LogP contribution in [0.25, 0.3) is 0 Å². The first kappa shape index (κ1) is 16.5. The molecule has 3 rings (SSSR count). The van der Waals surface area contributed by atoms with Gasteiger partial charge in [0.15, 0.2) is 9.84 Å². The summed E-state index contributed by atoms with van der Waals surface area (Å²) in [5, 5.41) is 1.80. The van der Waals surface area contributed by atoms with Gasteiger partial charge in [-0.1, -0.05) is 17.7 Å². The van der Waals surface area contributed by atoms with E-state index in [1.54, 1.807) is 23.1 Å². The van der Waals surface area contributed by atoms with Gasteiger partial charge in [-0.05, 0) is 42.1 Å². The molecule has 1 saturated heterocycles. The van der Waals surface area contributed by atoms with E-state index in [1.807, 2.05) is 24.4 Å². The molecule has 0 bridgehead atoms. The third-order valence-electron chi connectivity index (χ3n) is 4.03. The third kappa shape index (κ3) is 3.29. The van der Waals surface area contributed by atoms with Gasteiger partial charge in [0, 0.05) is 28.6 Å². The summed E-state index contributed by atoms with van der Waals surface area (Å²) in [4.78, 5) is 15.2. The highest BCUT2D eigenvalue weighted by atomic mass is 35.5. The van der Waals surface area contributed by atoms with Crippen LogP contribution in [0.1, 0.15) is 26.0 Å². The van der Waals surface area contributed by atoms with E-state index < -0.39 is 15.1 Å². The Morgan fingerprint density at radius 2 is 2.13 bits per heavy atom. The Morgan fingerprint density at radius 1 is 1.35 bits per heavy atom. The normalized spacial score (nSPS) is 20.4. The van der Waals surface area contributed by atoms with Crippen LogP contribution in [0.4, 0.5) is 0 Å². The van der Waals surface area contributed by atoms with Gasteiger partial charge in [-0.15, -0.1) is 11.3 Å². The Kier molecular flexibility index (Phi) is 4.49. The summed E-state index contributed by atoms with van der Waals surface area (Å²) in [6.07, 6.45) is 0. The highest BCUT2D eigenvalue weighted by Crippen LogP contribution is 2.32. The maximum absolute atomic E-state index is 12.7. The van der Waals surface area contributed by atoms with Crippen molar-refractivity contribution in [2.45, 2.75) is 12.2 Å². The van der Waals surface area contributed by atoms with Crippen LogP contribution >= 0.6 is 22.9 Å². The second-order valence-corrected chi connectivity index (χ2v) is 9.30. The molecule has 0 N–H and O–H groups in total. The number of halogens is 1. The van der Waals surface area contributed by atoms with Gasteiger partial charge in [0.2, 0.25) is 0 Å². The fourth-order valence-corrected chi connectivity index (χ4v) is 5.88. The molecule has 1 fully saturated rings. The van der Waals surface area contributed by atoms with Crippen LogP contribution in [0, 0.1) is 6.92 Å². The van der Waals surface area contributed by atoms with Crippen LogP contribution in [-0.2, 0) is 9.84 Å². The number of carbonyl (C=O) groups is 1. The molecule has 2 heterocycles. The Hall–Kier alpha value is -1.37. The molecule has 0 aliphatic carbocycles. The quantitative estimate of drug-likeness (QED) is 0.815. The number of aryl methyl sites for hydroxylation is 1. The Labute approximate surface area is 144 Å². The Bertz CT molecular complexity index is 831. The number of sulfone groups is 1. The van der Waals surface area contributed by atoms with Gasteiger partial charge in [-0.2, -0.15) is 0 Å². The minimum absolute atomic E-state index is 0.00601. The molecule has 7 heteroatoms. The standard InChI is InChI=1S/C16H16ClNO3S2/c1-11-9-12(17)4-5-13(11)16(19)18-6-8-23(20,21)15(10-18)14-3-2-7-22-14/h2-5,7,9,15H,6,8,10H2,1H3. The van der Waals surface area contributed by atoms with Crippen molar-refractivity contribution in [2.24, 2.45) is 0 Å². The number of amides is 1. The van der Waals surface area contributed by atoms with Crippen molar-refractivity contribution in [3.8, 4) is 0 Å². The van der Waals surface area contributed by atoms with Crippen molar-refractivity contribution < 1.29 is 13.2 Å². The molecule has 1 unspecified atom stereocenters. The lowest BCUT2D eigenvalue weighted by atomic mass is 10.1. The smallest absolute Gasteiger partial charge is 0.254 e. The van der Waals surface area contributed by atoms with E-state index in [2.05, 4.69) is 0 Å². The zero-order chi connectivity index (χ0) is 16.6. The molecule has 1 aliphatic heterocycles. The molecule has 1 aliphatic rings. The van der Waals surface area contributed by atoms with Crippen LogP contribution in [0.15, 0.2) is 35.7 Å². The molecule has 1 aromatic heterocycles. The molecule has 0 spiro atoms. The first-order chi connectivity index (χ1) is 10.9. The first-order valence-electron chi connectivity index (χ1n) is 7.19. The predicted octanol–water partition coefficient (Wildman–Crippen LogP) is 3.32. The first-order valence-corrected chi connectivity index (χ1v) is 10.2. The molecule has 1 atom stereocenters. The Morgan fingerprint density at radius 3 is 2.78 bits per heavy atom. The van der Waals surface area contributed by atoms with Gasteiger partial charge in [0.25, 0.3) is 5.91 Å². The number of nitrogens with zero attached hydrogens (tertiary/aromatic N) is 1. The van der Waals surface area contributed by atoms with E-state index in [-0.39, 0.29) is 24.7 Å².